The summed E-state index contributed by atoms with van der Waals surface area (Å²) in [5.74, 6) is 3.15. The first-order chi connectivity index (χ1) is 9.33. The van der Waals surface area contributed by atoms with Gasteiger partial charge in [-0.1, -0.05) is 18.2 Å². The van der Waals surface area contributed by atoms with Crippen molar-refractivity contribution in [3.63, 3.8) is 0 Å². The second-order valence-corrected chi connectivity index (χ2v) is 6.05. The fourth-order valence-electron chi connectivity index (χ4n) is 2.51. The number of hydrogen-bond donors (Lipinski definition) is 2. The summed E-state index contributed by atoms with van der Waals surface area (Å²) < 4.78 is 5.57. The van der Waals surface area contributed by atoms with Crippen LogP contribution in [-0.4, -0.2) is 36.6 Å². The van der Waals surface area contributed by atoms with Gasteiger partial charge in [0.05, 0.1) is 6.04 Å². The predicted molar refractivity (Wildman–Crippen MR) is 76.6 cm³/mol. The van der Waals surface area contributed by atoms with Gasteiger partial charge >= 0.3 is 0 Å². The molecule has 3 rings (SSSR count). The topological polar surface area (TPSA) is 50.4 Å². The molecule has 1 aromatic rings. The highest BCUT2D eigenvalue weighted by Crippen LogP contribution is 2.31. The van der Waals surface area contributed by atoms with Crippen LogP contribution in [0.3, 0.4) is 0 Å². The SMILES string of the molecule is O=C(CC1CSCCN1)NC1COc2ccccc21. The number of fused-ring (bicyclic) bond motifs is 1. The zero-order valence-corrected chi connectivity index (χ0v) is 11.5. The molecule has 0 radical (unpaired) electrons. The molecule has 1 amide bonds. The predicted octanol–water partition coefficient (Wildman–Crippen LogP) is 1.33. The quantitative estimate of drug-likeness (QED) is 0.876. The molecule has 2 aliphatic heterocycles. The number of para-hydroxylation sites is 1. The molecule has 5 heteroatoms. The standard InChI is InChI=1S/C14H18N2O2S/c17-14(7-10-9-19-6-5-15-10)16-12-8-18-13-4-2-1-3-11(12)13/h1-4,10,12,15H,5-9H2,(H,16,17). The number of carbonyl (C=O) groups excluding carboxylic acids is 1. The molecule has 0 saturated carbocycles. The fourth-order valence-corrected chi connectivity index (χ4v) is 3.46. The van der Waals surface area contributed by atoms with Gasteiger partial charge in [-0.2, -0.15) is 11.8 Å². The number of ether oxygens (including phenoxy) is 1. The molecule has 102 valence electrons. The van der Waals surface area contributed by atoms with Crippen LogP contribution in [0, 0.1) is 0 Å². The van der Waals surface area contributed by atoms with Crippen molar-refractivity contribution in [1.82, 2.24) is 10.6 Å². The van der Waals surface area contributed by atoms with E-state index in [2.05, 4.69) is 10.6 Å². The Kier molecular flexibility index (Phi) is 3.94. The number of carbonyl (C=O) groups is 1. The third-order valence-electron chi connectivity index (χ3n) is 3.47. The Morgan fingerprint density at radius 3 is 3.21 bits per heavy atom. The number of amides is 1. The van der Waals surface area contributed by atoms with Crippen LogP contribution in [0.1, 0.15) is 18.0 Å². The first-order valence-corrected chi connectivity index (χ1v) is 7.80. The van der Waals surface area contributed by atoms with Crippen LogP contribution < -0.4 is 15.4 Å². The molecule has 2 unspecified atom stereocenters. The zero-order valence-electron chi connectivity index (χ0n) is 10.7. The van der Waals surface area contributed by atoms with Gasteiger partial charge in [0.15, 0.2) is 0 Å². The molecule has 4 nitrogen and oxygen atoms in total. The minimum atomic E-state index is -0.0000522. The maximum Gasteiger partial charge on any atom is 0.222 e. The van der Waals surface area contributed by atoms with Gasteiger partial charge in [0.1, 0.15) is 12.4 Å². The Morgan fingerprint density at radius 2 is 2.37 bits per heavy atom. The summed E-state index contributed by atoms with van der Waals surface area (Å²) in [7, 11) is 0. The summed E-state index contributed by atoms with van der Waals surface area (Å²) in [5.41, 5.74) is 1.09. The fraction of sp³-hybridized carbons (Fsp3) is 0.500. The summed E-state index contributed by atoms with van der Waals surface area (Å²) >= 11 is 1.91. The Hall–Kier alpha value is -1.20. The Morgan fingerprint density at radius 1 is 1.47 bits per heavy atom. The average Bonchev–Trinajstić information content (AvgIpc) is 2.83. The summed E-state index contributed by atoms with van der Waals surface area (Å²) in [4.78, 5) is 12.1. The van der Waals surface area contributed by atoms with E-state index in [1.165, 1.54) is 0 Å². The summed E-state index contributed by atoms with van der Waals surface area (Å²) in [5, 5.41) is 6.45. The third-order valence-corrected chi connectivity index (χ3v) is 4.60. The largest absolute Gasteiger partial charge is 0.491 e. The molecule has 2 heterocycles. The lowest BCUT2D eigenvalue weighted by molar-refractivity contribution is -0.122. The first-order valence-electron chi connectivity index (χ1n) is 6.65. The van der Waals surface area contributed by atoms with Crippen LogP contribution in [0.4, 0.5) is 0 Å². The van der Waals surface area contributed by atoms with E-state index < -0.39 is 0 Å². The Labute approximate surface area is 117 Å². The maximum atomic E-state index is 12.1. The van der Waals surface area contributed by atoms with Crippen molar-refractivity contribution in [2.75, 3.05) is 24.7 Å². The van der Waals surface area contributed by atoms with E-state index in [4.69, 9.17) is 4.74 Å². The second-order valence-electron chi connectivity index (χ2n) is 4.90. The van der Waals surface area contributed by atoms with Crippen LogP contribution in [0.15, 0.2) is 24.3 Å². The summed E-state index contributed by atoms with van der Waals surface area (Å²) in [6.45, 7) is 1.54. The van der Waals surface area contributed by atoms with Crippen molar-refractivity contribution in [2.45, 2.75) is 18.5 Å². The monoisotopic (exact) mass is 278 g/mol. The molecule has 19 heavy (non-hydrogen) atoms. The van der Waals surface area contributed by atoms with Gasteiger partial charge in [-0.15, -0.1) is 0 Å². The van der Waals surface area contributed by atoms with E-state index in [9.17, 15) is 4.79 Å². The van der Waals surface area contributed by atoms with E-state index in [1.807, 2.05) is 36.0 Å². The lowest BCUT2D eigenvalue weighted by atomic mass is 10.1. The van der Waals surface area contributed by atoms with Crippen molar-refractivity contribution in [3.8, 4) is 5.75 Å². The molecule has 1 fully saturated rings. The molecule has 1 saturated heterocycles. The smallest absolute Gasteiger partial charge is 0.222 e. The van der Waals surface area contributed by atoms with Crippen LogP contribution >= 0.6 is 11.8 Å². The average molecular weight is 278 g/mol. The highest BCUT2D eigenvalue weighted by molar-refractivity contribution is 7.99. The van der Waals surface area contributed by atoms with E-state index in [-0.39, 0.29) is 11.9 Å². The van der Waals surface area contributed by atoms with Crippen LogP contribution in [0.5, 0.6) is 5.75 Å². The van der Waals surface area contributed by atoms with Gasteiger partial charge in [0.2, 0.25) is 5.91 Å². The number of nitrogens with one attached hydrogen (secondary N) is 2. The van der Waals surface area contributed by atoms with E-state index in [1.54, 1.807) is 0 Å². The minimum Gasteiger partial charge on any atom is -0.491 e. The van der Waals surface area contributed by atoms with Crippen molar-refractivity contribution >= 4 is 17.7 Å². The number of thioether (sulfide) groups is 1. The molecular formula is C14H18N2O2S. The third kappa shape index (κ3) is 3.04. The van der Waals surface area contributed by atoms with Gasteiger partial charge in [-0.25, -0.2) is 0 Å². The maximum absolute atomic E-state index is 12.1. The molecule has 2 atom stereocenters. The Balaban J connectivity index is 1.55. The van der Waals surface area contributed by atoms with Gasteiger partial charge in [0, 0.05) is 36.1 Å². The normalized spacial score (nSPS) is 25.5. The highest BCUT2D eigenvalue weighted by Gasteiger charge is 2.26. The van der Waals surface area contributed by atoms with Crippen LogP contribution in [-0.2, 0) is 4.79 Å². The van der Waals surface area contributed by atoms with E-state index in [0.717, 1.165) is 29.4 Å². The number of benzene rings is 1. The van der Waals surface area contributed by atoms with Crippen molar-refractivity contribution < 1.29 is 9.53 Å². The van der Waals surface area contributed by atoms with Crippen LogP contribution in [0.25, 0.3) is 0 Å². The van der Waals surface area contributed by atoms with E-state index >= 15 is 0 Å². The zero-order chi connectivity index (χ0) is 13.1. The van der Waals surface area contributed by atoms with Gasteiger partial charge in [-0.05, 0) is 6.07 Å². The number of rotatable bonds is 3. The van der Waals surface area contributed by atoms with Crippen molar-refractivity contribution in [3.05, 3.63) is 29.8 Å². The van der Waals surface area contributed by atoms with Crippen molar-refractivity contribution in [2.24, 2.45) is 0 Å². The van der Waals surface area contributed by atoms with Gasteiger partial charge in [-0.3, -0.25) is 4.79 Å². The van der Waals surface area contributed by atoms with Crippen molar-refractivity contribution in [1.29, 1.82) is 0 Å². The second kappa shape index (κ2) is 5.84. The molecule has 0 aromatic heterocycles. The highest BCUT2D eigenvalue weighted by atomic mass is 32.2. The number of hydrogen-bond acceptors (Lipinski definition) is 4. The summed E-state index contributed by atoms with van der Waals surface area (Å²) in [6.07, 6.45) is 0.547. The lowest BCUT2D eigenvalue weighted by Gasteiger charge is -2.23. The molecular weight excluding hydrogens is 260 g/mol. The Bertz CT molecular complexity index is 461. The van der Waals surface area contributed by atoms with E-state index in [0.29, 0.717) is 19.1 Å². The molecule has 1 aromatic carbocycles. The summed E-state index contributed by atoms with van der Waals surface area (Å²) in [6, 6.07) is 8.19. The first kappa shape index (κ1) is 12.8. The minimum absolute atomic E-state index is 0.0000522. The molecule has 2 aliphatic rings. The van der Waals surface area contributed by atoms with Crippen LogP contribution in [0.2, 0.25) is 0 Å². The molecule has 0 aliphatic carbocycles. The van der Waals surface area contributed by atoms with Gasteiger partial charge in [0.25, 0.3) is 0 Å². The van der Waals surface area contributed by atoms with Gasteiger partial charge < -0.3 is 15.4 Å². The molecule has 2 N–H and O–H groups in total. The lowest BCUT2D eigenvalue weighted by Crippen LogP contribution is -2.42. The molecule has 0 spiro atoms. The molecule has 0 bridgehead atoms.